The second-order valence-electron chi connectivity index (χ2n) is 6.13. The van der Waals surface area contributed by atoms with Crippen molar-refractivity contribution in [3.05, 3.63) is 34.4 Å². The van der Waals surface area contributed by atoms with E-state index in [9.17, 15) is 18.0 Å². The summed E-state index contributed by atoms with van der Waals surface area (Å²) in [7, 11) is -4.38. The van der Waals surface area contributed by atoms with Crippen LogP contribution in [0.4, 0.5) is 5.82 Å². The summed E-state index contributed by atoms with van der Waals surface area (Å²) in [4.78, 5) is 28.8. The fourth-order valence-electron chi connectivity index (χ4n) is 2.73. The second kappa shape index (κ2) is 7.80. The van der Waals surface area contributed by atoms with Gasteiger partial charge in [-0.3, -0.25) is 15.0 Å². The van der Waals surface area contributed by atoms with Gasteiger partial charge < -0.3 is 19.2 Å². The smallest absolute Gasteiger partial charge is 0.341 e. The van der Waals surface area contributed by atoms with Gasteiger partial charge in [0.25, 0.3) is 5.88 Å². The van der Waals surface area contributed by atoms with Crippen LogP contribution in [0, 0.1) is 26.2 Å². The molecule has 28 heavy (non-hydrogen) atoms. The van der Waals surface area contributed by atoms with Gasteiger partial charge in [0.05, 0.1) is 0 Å². The minimum Gasteiger partial charge on any atom is -0.417 e. The fourth-order valence-corrected chi connectivity index (χ4v) is 4.04. The molecule has 0 saturated carbocycles. The Labute approximate surface area is 161 Å². The van der Waals surface area contributed by atoms with E-state index in [1.165, 1.54) is 6.92 Å². The molecule has 0 aliphatic carbocycles. The Bertz CT molecular complexity index is 1100. The molecular formula is C17H20N4O6S. The lowest BCUT2D eigenvalue weighted by atomic mass is 10.1. The van der Waals surface area contributed by atoms with Crippen LogP contribution >= 0.6 is 0 Å². The second-order valence-corrected chi connectivity index (χ2v) is 7.62. The third-order valence-corrected chi connectivity index (χ3v) is 4.99. The van der Waals surface area contributed by atoms with Crippen molar-refractivity contribution in [3.63, 3.8) is 0 Å². The SMILES string of the molecule is CC(=O)Nc1[nH]c(=N)nc(OS(=O)(=O)c2c(C)cc(C)cc2C)c1OC(C)=O. The van der Waals surface area contributed by atoms with Gasteiger partial charge in [0, 0.05) is 13.8 Å². The standard InChI is InChI=1S/C17H20N4O6S/c1-8-6-9(2)14(10(3)7-8)28(24,25)27-16-13(26-12(5)23)15(19-11(4)22)20-17(18)21-16/h6-7H,1-5H3,(H3,18,19,20,21,22). The Morgan fingerprint density at radius 1 is 1.14 bits per heavy atom. The molecule has 2 rings (SSSR count). The predicted octanol–water partition coefficient (Wildman–Crippen LogP) is 1.47. The summed E-state index contributed by atoms with van der Waals surface area (Å²) >= 11 is 0. The summed E-state index contributed by atoms with van der Waals surface area (Å²) in [5.41, 5.74) is 1.29. The van der Waals surface area contributed by atoms with E-state index in [0.29, 0.717) is 11.1 Å². The van der Waals surface area contributed by atoms with Crippen LogP contribution in [0.25, 0.3) is 0 Å². The summed E-state index contributed by atoms with van der Waals surface area (Å²) in [6.45, 7) is 7.34. The Morgan fingerprint density at radius 3 is 2.21 bits per heavy atom. The lowest BCUT2D eigenvalue weighted by Crippen LogP contribution is -2.22. The molecule has 0 aliphatic rings. The van der Waals surface area contributed by atoms with E-state index < -0.39 is 39.2 Å². The van der Waals surface area contributed by atoms with E-state index in [1.807, 2.05) is 6.92 Å². The third-order valence-electron chi connectivity index (χ3n) is 3.47. The number of carbonyl (C=O) groups is 2. The molecule has 0 saturated heterocycles. The summed E-state index contributed by atoms with van der Waals surface area (Å²) in [5.74, 6) is -2.68. The van der Waals surface area contributed by atoms with Crippen LogP contribution in [0.5, 0.6) is 11.6 Å². The maximum absolute atomic E-state index is 12.9. The van der Waals surface area contributed by atoms with Crippen LogP contribution in [-0.2, 0) is 19.7 Å². The molecule has 0 unspecified atom stereocenters. The number of aryl methyl sites for hydroxylation is 3. The minimum absolute atomic E-state index is 0.0610. The lowest BCUT2D eigenvalue weighted by molar-refractivity contribution is -0.132. The number of nitrogens with zero attached hydrogens (tertiary/aromatic N) is 1. The topological polar surface area (TPSA) is 151 Å². The van der Waals surface area contributed by atoms with Gasteiger partial charge in [-0.25, -0.2) is 0 Å². The highest BCUT2D eigenvalue weighted by molar-refractivity contribution is 7.87. The molecule has 1 aromatic carbocycles. The van der Waals surface area contributed by atoms with Crippen LogP contribution in [0.15, 0.2) is 17.0 Å². The van der Waals surface area contributed by atoms with Gasteiger partial charge >= 0.3 is 16.1 Å². The average Bonchev–Trinajstić information content (AvgIpc) is 2.47. The molecule has 0 fully saturated rings. The number of hydrogen-bond acceptors (Lipinski definition) is 8. The van der Waals surface area contributed by atoms with E-state index in [0.717, 1.165) is 12.5 Å². The monoisotopic (exact) mass is 408 g/mol. The maximum atomic E-state index is 12.9. The van der Waals surface area contributed by atoms with E-state index >= 15 is 0 Å². The Balaban J connectivity index is 2.64. The van der Waals surface area contributed by atoms with Crippen molar-refractivity contribution in [1.29, 1.82) is 5.41 Å². The highest BCUT2D eigenvalue weighted by atomic mass is 32.2. The molecular weight excluding hydrogens is 388 g/mol. The average molecular weight is 408 g/mol. The van der Waals surface area contributed by atoms with Crippen molar-refractivity contribution >= 4 is 27.8 Å². The molecule has 0 atom stereocenters. The quantitative estimate of drug-likeness (QED) is 0.500. The van der Waals surface area contributed by atoms with Crippen LogP contribution in [-0.4, -0.2) is 30.3 Å². The van der Waals surface area contributed by atoms with Crippen LogP contribution in [0.3, 0.4) is 0 Å². The third kappa shape index (κ3) is 4.74. The van der Waals surface area contributed by atoms with Crippen molar-refractivity contribution in [3.8, 4) is 11.6 Å². The number of ether oxygens (including phenoxy) is 1. The number of anilines is 1. The highest BCUT2D eigenvalue weighted by Crippen LogP contribution is 2.34. The van der Waals surface area contributed by atoms with Crippen molar-refractivity contribution in [2.45, 2.75) is 39.5 Å². The molecule has 1 heterocycles. The number of nitrogens with one attached hydrogen (secondary N) is 3. The van der Waals surface area contributed by atoms with Gasteiger partial charge in [-0.2, -0.15) is 13.4 Å². The number of hydrogen-bond donors (Lipinski definition) is 3. The van der Waals surface area contributed by atoms with Crippen molar-refractivity contribution in [2.75, 3.05) is 5.32 Å². The molecule has 0 bridgehead atoms. The number of H-pyrrole nitrogens is 1. The Kier molecular flexibility index (Phi) is 5.88. The molecule has 150 valence electrons. The van der Waals surface area contributed by atoms with E-state index in [4.69, 9.17) is 14.3 Å². The largest absolute Gasteiger partial charge is 0.417 e. The Morgan fingerprint density at radius 2 is 1.71 bits per heavy atom. The normalized spacial score (nSPS) is 11.0. The molecule has 1 aromatic heterocycles. The maximum Gasteiger partial charge on any atom is 0.341 e. The van der Waals surface area contributed by atoms with Gasteiger partial charge in [-0.1, -0.05) is 17.7 Å². The van der Waals surface area contributed by atoms with E-state index in [1.54, 1.807) is 26.0 Å². The molecule has 0 radical (unpaired) electrons. The molecule has 0 aliphatic heterocycles. The number of aromatic nitrogens is 2. The zero-order valence-electron chi connectivity index (χ0n) is 16.0. The van der Waals surface area contributed by atoms with Gasteiger partial charge in [-0.05, 0) is 31.9 Å². The first-order valence-corrected chi connectivity index (χ1v) is 9.48. The first-order chi connectivity index (χ1) is 12.9. The molecule has 1 amide bonds. The molecule has 11 heteroatoms. The summed E-state index contributed by atoms with van der Waals surface area (Å²) in [6.07, 6.45) is 0. The highest BCUT2D eigenvalue weighted by Gasteiger charge is 2.27. The zero-order chi connectivity index (χ0) is 21.2. The minimum atomic E-state index is -4.38. The number of carbonyl (C=O) groups excluding carboxylic acids is 2. The number of benzene rings is 1. The number of aromatic amines is 1. The van der Waals surface area contributed by atoms with Gasteiger partial charge in [-0.15, -0.1) is 0 Å². The number of amides is 1. The van der Waals surface area contributed by atoms with E-state index in [-0.39, 0.29) is 10.7 Å². The summed E-state index contributed by atoms with van der Waals surface area (Å²) < 4.78 is 35.8. The van der Waals surface area contributed by atoms with Crippen LogP contribution < -0.4 is 19.9 Å². The Hall–Kier alpha value is -3.21. The summed E-state index contributed by atoms with van der Waals surface area (Å²) in [5, 5.41) is 10.0. The predicted molar refractivity (Wildman–Crippen MR) is 98.5 cm³/mol. The van der Waals surface area contributed by atoms with Crippen molar-refractivity contribution in [1.82, 2.24) is 9.97 Å². The van der Waals surface area contributed by atoms with Crippen molar-refractivity contribution < 1.29 is 26.9 Å². The number of esters is 1. The zero-order valence-corrected chi connectivity index (χ0v) is 16.8. The van der Waals surface area contributed by atoms with Gasteiger partial charge in [0.15, 0.2) is 5.82 Å². The number of rotatable bonds is 5. The van der Waals surface area contributed by atoms with Gasteiger partial charge in [0.1, 0.15) is 4.90 Å². The summed E-state index contributed by atoms with van der Waals surface area (Å²) in [6, 6.07) is 3.36. The molecule has 10 nitrogen and oxygen atoms in total. The fraction of sp³-hybridized carbons (Fsp3) is 0.294. The van der Waals surface area contributed by atoms with E-state index in [2.05, 4.69) is 15.3 Å². The molecule has 3 N–H and O–H groups in total. The van der Waals surface area contributed by atoms with Crippen LogP contribution in [0.1, 0.15) is 30.5 Å². The lowest BCUT2D eigenvalue weighted by Gasteiger charge is -2.15. The first kappa shape index (κ1) is 21.1. The molecule has 0 spiro atoms. The van der Waals surface area contributed by atoms with Crippen LogP contribution in [0.2, 0.25) is 0 Å². The molecule has 2 aromatic rings. The van der Waals surface area contributed by atoms with Crippen molar-refractivity contribution in [2.24, 2.45) is 0 Å². The van der Waals surface area contributed by atoms with Gasteiger partial charge in [0.2, 0.25) is 17.3 Å². The first-order valence-electron chi connectivity index (χ1n) is 8.08.